The van der Waals surface area contributed by atoms with E-state index in [-0.39, 0.29) is 5.82 Å². The van der Waals surface area contributed by atoms with Crippen LogP contribution in [0.2, 0.25) is 15.1 Å². The van der Waals surface area contributed by atoms with Crippen LogP contribution < -0.4 is 10.5 Å². The van der Waals surface area contributed by atoms with Crippen molar-refractivity contribution >= 4 is 40.6 Å². The number of nitrogen functional groups attached to an aromatic ring is 1. The van der Waals surface area contributed by atoms with Crippen LogP contribution in [0.4, 0.5) is 5.82 Å². The SMILES string of the molecule is COc1cc(-c2nc(N)c(Cl)cc2Cl)ccc1Cl. The molecule has 0 saturated carbocycles. The van der Waals surface area contributed by atoms with Gasteiger partial charge >= 0.3 is 0 Å². The highest BCUT2D eigenvalue weighted by molar-refractivity contribution is 6.37. The molecule has 2 aromatic rings. The van der Waals surface area contributed by atoms with Crippen molar-refractivity contribution in [1.82, 2.24) is 4.98 Å². The molecule has 1 heterocycles. The van der Waals surface area contributed by atoms with E-state index in [1.165, 1.54) is 7.11 Å². The summed E-state index contributed by atoms with van der Waals surface area (Å²) in [5.74, 6) is 0.769. The van der Waals surface area contributed by atoms with Crippen molar-refractivity contribution in [3.63, 3.8) is 0 Å². The number of rotatable bonds is 2. The van der Waals surface area contributed by atoms with Gasteiger partial charge in [-0.15, -0.1) is 0 Å². The first kappa shape index (κ1) is 13.3. The second-order valence-corrected chi connectivity index (χ2v) is 4.76. The Balaban J connectivity index is 2.58. The Labute approximate surface area is 119 Å². The molecule has 2 rings (SSSR count). The van der Waals surface area contributed by atoms with E-state index >= 15 is 0 Å². The van der Waals surface area contributed by atoms with E-state index < -0.39 is 0 Å². The molecule has 0 amide bonds. The third-order valence-corrected chi connectivity index (χ3v) is 3.28. The Morgan fingerprint density at radius 1 is 1.06 bits per heavy atom. The van der Waals surface area contributed by atoms with Crippen molar-refractivity contribution in [2.75, 3.05) is 12.8 Å². The molecule has 2 N–H and O–H groups in total. The summed E-state index contributed by atoms with van der Waals surface area (Å²) >= 11 is 17.9. The lowest BCUT2D eigenvalue weighted by Gasteiger charge is -2.09. The Morgan fingerprint density at radius 3 is 2.44 bits per heavy atom. The van der Waals surface area contributed by atoms with E-state index in [0.29, 0.717) is 26.5 Å². The molecule has 18 heavy (non-hydrogen) atoms. The number of aromatic nitrogens is 1. The maximum atomic E-state index is 6.10. The highest BCUT2D eigenvalue weighted by Crippen LogP contribution is 2.35. The van der Waals surface area contributed by atoms with Crippen LogP contribution in [-0.2, 0) is 0 Å². The molecule has 0 atom stereocenters. The molecule has 0 aliphatic rings. The first-order valence-corrected chi connectivity index (χ1v) is 6.11. The fraction of sp³-hybridized carbons (Fsp3) is 0.0833. The van der Waals surface area contributed by atoms with Gasteiger partial charge in [0.15, 0.2) is 0 Å². The number of halogens is 3. The minimum absolute atomic E-state index is 0.227. The van der Waals surface area contributed by atoms with Crippen molar-refractivity contribution in [1.29, 1.82) is 0 Å². The van der Waals surface area contributed by atoms with Crippen LogP contribution in [0.1, 0.15) is 0 Å². The van der Waals surface area contributed by atoms with Crippen LogP contribution >= 0.6 is 34.8 Å². The fourth-order valence-electron chi connectivity index (χ4n) is 1.49. The van der Waals surface area contributed by atoms with Gasteiger partial charge in [0.2, 0.25) is 0 Å². The summed E-state index contributed by atoms with van der Waals surface area (Å²) in [7, 11) is 1.54. The molecule has 94 valence electrons. The number of anilines is 1. The van der Waals surface area contributed by atoms with Gasteiger partial charge in [-0.05, 0) is 18.2 Å². The largest absolute Gasteiger partial charge is 0.495 e. The zero-order valence-electron chi connectivity index (χ0n) is 9.38. The maximum absolute atomic E-state index is 6.10. The third-order valence-electron chi connectivity index (χ3n) is 2.38. The van der Waals surface area contributed by atoms with Crippen LogP contribution in [0.3, 0.4) is 0 Å². The Hall–Kier alpha value is -1.16. The van der Waals surface area contributed by atoms with Crippen LogP contribution in [0.5, 0.6) is 5.75 Å². The monoisotopic (exact) mass is 302 g/mol. The van der Waals surface area contributed by atoms with Gasteiger partial charge in [0.25, 0.3) is 0 Å². The van der Waals surface area contributed by atoms with Gasteiger partial charge < -0.3 is 10.5 Å². The van der Waals surface area contributed by atoms with Crippen LogP contribution in [0.15, 0.2) is 24.3 Å². The molecule has 0 aliphatic carbocycles. The predicted octanol–water partition coefficient (Wildman–Crippen LogP) is 4.30. The summed E-state index contributed by atoms with van der Waals surface area (Å²) in [5.41, 5.74) is 6.96. The summed E-state index contributed by atoms with van der Waals surface area (Å²) in [6.07, 6.45) is 0. The number of methoxy groups -OCH3 is 1. The highest BCUT2D eigenvalue weighted by Gasteiger charge is 2.11. The van der Waals surface area contributed by atoms with Gasteiger partial charge in [0, 0.05) is 5.56 Å². The summed E-state index contributed by atoms with van der Waals surface area (Å²) in [6.45, 7) is 0. The van der Waals surface area contributed by atoms with E-state index in [4.69, 9.17) is 45.3 Å². The quantitative estimate of drug-likeness (QED) is 0.900. The molecule has 0 radical (unpaired) electrons. The summed E-state index contributed by atoms with van der Waals surface area (Å²) in [5, 5.41) is 1.25. The second-order valence-electron chi connectivity index (χ2n) is 3.54. The number of hydrogen-bond acceptors (Lipinski definition) is 3. The molecule has 1 aromatic carbocycles. The van der Waals surface area contributed by atoms with E-state index in [1.807, 2.05) is 0 Å². The van der Waals surface area contributed by atoms with E-state index in [2.05, 4.69) is 4.98 Å². The zero-order chi connectivity index (χ0) is 13.3. The molecule has 6 heteroatoms. The molecule has 0 fully saturated rings. The van der Waals surface area contributed by atoms with Crippen molar-refractivity contribution in [3.8, 4) is 17.0 Å². The van der Waals surface area contributed by atoms with Gasteiger partial charge in [-0.25, -0.2) is 4.98 Å². The third kappa shape index (κ3) is 2.48. The lowest BCUT2D eigenvalue weighted by Crippen LogP contribution is -1.95. The van der Waals surface area contributed by atoms with Gasteiger partial charge in [-0.3, -0.25) is 0 Å². The zero-order valence-corrected chi connectivity index (χ0v) is 11.6. The molecule has 0 aliphatic heterocycles. The average molecular weight is 304 g/mol. The van der Waals surface area contributed by atoms with Crippen LogP contribution in [0.25, 0.3) is 11.3 Å². The Bertz CT molecular complexity index is 602. The number of pyridine rings is 1. The molecular weight excluding hydrogens is 295 g/mol. The topological polar surface area (TPSA) is 48.1 Å². The second kappa shape index (κ2) is 5.22. The van der Waals surface area contributed by atoms with Gasteiger partial charge in [0.1, 0.15) is 11.6 Å². The number of hydrogen-bond donors (Lipinski definition) is 1. The molecule has 3 nitrogen and oxygen atoms in total. The fourth-order valence-corrected chi connectivity index (χ4v) is 2.15. The van der Waals surface area contributed by atoms with Crippen molar-refractivity contribution in [3.05, 3.63) is 39.3 Å². The van der Waals surface area contributed by atoms with Crippen LogP contribution in [0, 0.1) is 0 Å². The Morgan fingerprint density at radius 2 is 1.78 bits per heavy atom. The molecule has 0 unspecified atom stereocenters. The van der Waals surface area contributed by atoms with Crippen molar-refractivity contribution in [2.45, 2.75) is 0 Å². The Kier molecular flexibility index (Phi) is 3.85. The van der Waals surface area contributed by atoms with E-state index in [0.717, 1.165) is 5.56 Å². The molecule has 0 bridgehead atoms. The smallest absolute Gasteiger partial charge is 0.143 e. The van der Waals surface area contributed by atoms with E-state index in [9.17, 15) is 0 Å². The first-order chi connectivity index (χ1) is 8.52. The summed E-state index contributed by atoms with van der Waals surface area (Å²) in [4.78, 5) is 4.16. The average Bonchev–Trinajstić information content (AvgIpc) is 2.35. The molecule has 0 saturated heterocycles. The van der Waals surface area contributed by atoms with Gasteiger partial charge in [0.05, 0.1) is 27.9 Å². The minimum Gasteiger partial charge on any atom is -0.495 e. The van der Waals surface area contributed by atoms with Crippen LogP contribution in [-0.4, -0.2) is 12.1 Å². The first-order valence-electron chi connectivity index (χ1n) is 4.98. The van der Waals surface area contributed by atoms with E-state index in [1.54, 1.807) is 24.3 Å². The van der Waals surface area contributed by atoms with Crippen molar-refractivity contribution < 1.29 is 4.74 Å². The highest BCUT2D eigenvalue weighted by atomic mass is 35.5. The minimum atomic E-state index is 0.227. The lowest BCUT2D eigenvalue weighted by atomic mass is 10.1. The predicted molar refractivity (Wildman–Crippen MR) is 75.7 cm³/mol. The van der Waals surface area contributed by atoms with Crippen molar-refractivity contribution in [2.24, 2.45) is 0 Å². The normalized spacial score (nSPS) is 10.4. The standard InChI is InChI=1S/C12H9Cl3N2O/c1-18-10-4-6(2-3-7(10)13)11-8(14)5-9(15)12(16)17-11/h2-5H,1H3,(H2,16,17). The molecule has 1 aromatic heterocycles. The maximum Gasteiger partial charge on any atom is 0.143 e. The molecular formula is C12H9Cl3N2O. The molecule has 0 spiro atoms. The number of nitrogens with two attached hydrogens (primary N) is 1. The summed E-state index contributed by atoms with van der Waals surface area (Å²) in [6, 6.07) is 6.79. The number of ether oxygens (including phenoxy) is 1. The lowest BCUT2D eigenvalue weighted by molar-refractivity contribution is 0.415. The summed E-state index contributed by atoms with van der Waals surface area (Å²) < 4.78 is 5.14. The number of benzene rings is 1. The number of nitrogens with zero attached hydrogens (tertiary/aromatic N) is 1. The van der Waals surface area contributed by atoms with Gasteiger partial charge in [-0.2, -0.15) is 0 Å². The van der Waals surface area contributed by atoms with Gasteiger partial charge in [-0.1, -0.05) is 40.9 Å².